The molecule has 6 heteroatoms. The molecule has 128 valence electrons. The molecule has 0 aliphatic heterocycles. The molecule has 0 aliphatic carbocycles. The summed E-state index contributed by atoms with van der Waals surface area (Å²) in [6, 6.07) is 5.69. The number of aryl methyl sites for hydroxylation is 1. The minimum atomic E-state index is -0.208. The fourth-order valence-corrected chi connectivity index (χ4v) is 2.63. The van der Waals surface area contributed by atoms with Crippen LogP contribution in [0.5, 0.6) is 0 Å². The summed E-state index contributed by atoms with van der Waals surface area (Å²) in [6.07, 6.45) is 5.24. The number of carbonyl (C=O) groups is 1. The summed E-state index contributed by atoms with van der Waals surface area (Å²) in [4.78, 5) is 23.2. The van der Waals surface area contributed by atoms with Crippen LogP contribution in [0.15, 0.2) is 35.1 Å². The summed E-state index contributed by atoms with van der Waals surface area (Å²) in [5.41, 5.74) is 2.27. The molecule has 0 radical (unpaired) electrons. The van der Waals surface area contributed by atoms with Crippen molar-refractivity contribution in [1.29, 1.82) is 0 Å². The van der Waals surface area contributed by atoms with E-state index < -0.39 is 0 Å². The van der Waals surface area contributed by atoms with Crippen molar-refractivity contribution >= 4 is 33.5 Å². The van der Waals surface area contributed by atoms with Gasteiger partial charge in [-0.3, -0.25) is 4.79 Å². The topological polar surface area (TPSA) is 58.1 Å². The molecular weight excluding hydrogens is 368 g/mol. The molecule has 2 aromatic rings. The van der Waals surface area contributed by atoms with Crippen molar-refractivity contribution in [3.05, 3.63) is 46.2 Å². The Bertz CT molecular complexity index is 682. The average Bonchev–Trinajstić information content (AvgIpc) is 2.58. The van der Waals surface area contributed by atoms with Gasteiger partial charge in [-0.15, -0.1) is 0 Å². The van der Waals surface area contributed by atoms with Crippen molar-refractivity contribution in [3.8, 4) is 0 Å². The standard InChI is InChI=1S/C18H23BrN4O/c1-4-8-23(9-5-2)18-20-11-14(12-21-18)17(24)22-15-6-7-16(19)13(3)10-15/h6-7,10-12H,4-5,8-9H2,1-3H3,(H,22,24). The number of anilines is 2. The smallest absolute Gasteiger partial charge is 0.258 e. The number of nitrogens with one attached hydrogen (secondary N) is 1. The fourth-order valence-electron chi connectivity index (χ4n) is 2.38. The molecule has 1 aromatic heterocycles. The Balaban J connectivity index is 2.08. The third-order valence-corrected chi connectivity index (χ3v) is 4.48. The van der Waals surface area contributed by atoms with Crippen molar-refractivity contribution in [2.45, 2.75) is 33.6 Å². The Morgan fingerprint density at radius 2 is 1.79 bits per heavy atom. The highest BCUT2D eigenvalue weighted by Crippen LogP contribution is 2.20. The van der Waals surface area contributed by atoms with E-state index in [-0.39, 0.29) is 5.91 Å². The average molecular weight is 391 g/mol. The van der Waals surface area contributed by atoms with E-state index in [0.717, 1.165) is 41.7 Å². The first-order chi connectivity index (χ1) is 11.5. The predicted molar refractivity (Wildman–Crippen MR) is 102 cm³/mol. The van der Waals surface area contributed by atoms with Crippen LogP contribution in [0.4, 0.5) is 11.6 Å². The second kappa shape index (κ2) is 8.78. The van der Waals surface area contributed by atoms with Crippen LogP contribution in [0.1, 0.15) is 42.6 Å². The Morgan fingerprint density at radius 3 is 2.33 bits per heavy atom. The molecule has 0 bridgehead atoms. The van der Waals surface area contributed by atoms with Gasteiger partial charge in [-0.25, -0.2) is 9.97 Å². The van der Waals surface area contributed by atoms with Gasteiger partial charge in [0.05, 0.1) is 5.56 Å². The van der Waals surface area contributed by atoms with Gasteiger partial charge in [0, 0.05) is 35.6 Å². The highest BCUT2D eigenvalue weighted by atomic mass is 79.9. The molecule has 2 rings (SSSR count). The van der Waals surface area contributed by atoms with Crippen molar-refractivity contribution in [1.82, 2.24) is 9.97 Å². The van der Waals surface area contributed by atoms with E-state index >= 15 is 0 Å². The molecule has 0 fully saturated rings. The molecule has 0 saturated carbocycles. The molecule has 0 unspecified atom stereocenters. The summed E-state index contributed by atoms with van der Waals surface area (Å²) < 4.78 is 1.01. The zero-order valence-corrected chi connectivity index (χ0v) is 15.9. The minimum Gasteiger partial charge on any atom is -0.341 e. The number of hydrogen-bond donors (Lipinski definition) is 1. The summed E-state index contributed by atoms with van der Waals surface area (Å²) in [6.45, 7) is 8.07. The first kappa shape index (κ1) is 18.4. The van der Waals surface area contributed by atoms with E-state index in [1.807, 2.05) is 25.1 Å². The van der Waals surface area contributed by atoms with Gasteiger partial charge in [0.25, 0.3) is 5.91 Å². The first-order valence-corrected chi connectivity index (χ1v) is 8.99. The first-order valence-electron chi connectivity index (χ1n) is 8.19. The van der Waals surface area contributed by atoms with Crippen LogP contribution in [0.3, 0.4) is 0 Å². The van der Waals surface area contributed by atoms with Crippen molar-refractivity contribution in [2.75, 3.05) is 23.3 Å². The summed E-state index contributed by atoms with van der Waals surface area (Å²) in [5.74, 6) is 0.468. The van der Waals surface area contributed by atoms with E-state index in [1.54, 1.807) is 12.4 Å². The largest absolute Gasteiger partial charge is 0.341 e. The number of nitrogens with zero attached hydrogens (tertiary/aromatic N) is 3. The van der Waals surface area contributed by atoms with E-state index in [0.29, 0.717) is 11.5 Å². The molecule has 24 heavy (non-hydrogen) atoms. The lowest BCUT2D eigenvalue weighted by Crippen LogP contribution is -2.27. The third kappa shape index (κ3) is 4.77. The third-order valence-electron chi connectivity index (χ3n) is 3.59. The lowest BCUT2D eigenvalue weighted by atomic mass is 10.2. The monoisotopic (exact) mass is 390 g/mol. The molecule has 1 N–H and O–H groups in total. The van der Waals surface area contributed by atoms with Crippen LogP contribution in [-0.2, 0) is 0 Å². The van der Waals surface area contributed by atoms with Crippen molar-refractivity contribution in [2.24, 2.45) is 0 Å². The summed E-state index contributed by atoms with van der Waals surface area (Å²) in [7, 11) is 0. The Hall–Kier alpha value is -1.95. The second-order valence-corrected chi connectivity index (χ2v) is 6.53. The van der Waals surface area contributed by atoms with E-state index in [1.165, 1.54) is 0 Å². The molecule has 0 spiro atoms. The fraction of sp³-hybridized carbons (Fsp3) is 0.389. The van der Waals surface area contributed by atoms with Crippen molar-refractivity contribution in [3.63, 3.8) is 0 Å². The normalized spacial score (nSPS) is 10.5. The molecule has 5 nitrogen and oxygen atoms in total. The molecule has 1 aromatic carbocycles. The van der Waals surface area contributed by atoms with Crippen LogP contribution in [0.2, 0.25) is 0 Å². The zero-order valence-electron chi connectivity index (χ0n) is 14.3. The van der Waals surface area contributed by atoms with Gasteiger partial charge < -0.3 is 10.2 Å². The number of amides is 1. The van der Waals surface area contributed by atoms with Crippen LogP contribution in [-0.4, -0.2) is 29.0 Å². The molecule has 0 saturated heterocycles. The minimum absolute atomic E-state index is 0.208. The molecule has 0 aliphatic rings. The lowest BCUT2D eigenvalue weighted by Gasteiger charge is -2.21. The van der Waals surface area contributed by atoms with Crippen molar-refractivity contribution < 1.29 is 4.79 Å². The molecule has 1 heterocycles. The van der Waals surface area contributed by atoms with Gasteiger partial charge in [-0.1, -0.05) is 29.8 Å². The number of aromatic nitrogens is 2. The van der Waals surface area contributed by atoms with Crippen LogP contribution in [0, 0.1) is 6.92 Å². The molecule has 1 amide bonds. The van der Waals surface area contributed by atoms with Gasteiger partial charge >= 0.3 is 0 Å². The van der Waals surface area contributed by atoms with E-state index in [9.17, 15) is 4.79 Å². The number of carbonyl (C=O) groups excluding carboxylic acids is 1. The van der Waals surface area contributed by atoms with Gasteiger partial charge in [0.1, 0.15) is 0 Å². The van der Waals surface area contributed by atoms with Crippen LogP contribution < -0.4 is 10.2 Å². The quantitative estimate of drug-likeness (QED) is 0.759. The maximum atomic E-state index is 12.3. The van der Waals surface area contributed by atoms with Gasteiger partial charge in [-0.05, 0) is 43.5 Å². The Kier molecular flexibility index (Phi) is 6.73. The molecular formula is C18H23BrN4O. The Labute approximate surface area is 151 Å². The van der Waals surface area contributed by atoms with Gasteiger partial charge in [0.15, 0.2) is 0 Å². The summed E-state index contributed by atoms with van der Waals surface area (Å²) >= 11 is 3.45. The lowest BCUT2D eigenvalue weighted by molar-refractivity contribution is 0.102. The number of halogens is 1. The van der Waals surface area contributed by atoms with Crippen LogP contribution >= 0.6 is 15.9 Å². The SMILES string of the molecule is CCCN(CCC)c1ncc(C(=O)Nc2ccc(Br)c(C)c2)cn1. The number of rotatable bonds is 7. The summed E-state index contributed by atoms with van der Waals surface area (Å²) in [5, 5.41) is 2.87. The highest BCUT2D eigenvalue weighted by molar-refractivity contribution is 9.10. The maximum Gasteiger partial charge on any atom is 0.258 e. The number of benzene rings is 1. The Morgan fingerprint density at radius 1 is 1.17 bits per heavy atom. The second-order valence-electron chi connectivity index (χ2n) is 5.68. The zero-order chi connectivity index (χ0) is 17.5. The molecule has 0 atom stereocenters. The van der Waals surface area contributed by atoms with Gasteiger partial charge in [0.2, 0.25) is 5.95 Å². The van der Waals surface area contributed by atoms with Gasteiger partial charge in [-0.2, -0.15) is 0 Å². The predicted octanol–water partition coefficient (Wildman–Crippen LogP) is 4.43. The highest BCUT2D eigenvalue weighted by Gasteiger charge is 2.11. The van der Waals surface area contributed by atoms with E-state index in [2.05, 4.69) is 50.0 Å². The number of hydrogen-bond acceptors (Lipinski definition) is 4. The van der Waals surface area contributed by atoms with E-state index in [4.69, 9.17) is 0 Å². The van der Waals surface area contributed by atoms with Crippen LogP contribution in [0.25, 0.3) is 0 Å². The maximum absolute atomic E-state index is 12.3.